The zero-order chi connectivity index (χ0) is 13.2. The Hall–Kier alpha value is -1.06. The largest absolute Gasteiger partial charge is 0.347 e. The first-order chi connectivity index (χ1) is 8.50. The molecule has 2 N–H and O–H groups in total. The SMILES string of the molecule is Cc1ccc(C(=O)NC2(C)CCNCC2)cc1C.Cl. The summed E-state index contributed by atoms with van der Waals surface area (Å²) in [4.78, 5) is 12.3. The van der Waals surface area contributed by atoms with Crippen LogP contribution in [0.25, 0.3) is 0 Å². The van der Waals surface area contributed by atoms with Gasteiger partial charge in [-0.25, -0.2) is 0 Å². The van der Waals surface area contributed by atoms with E-state index in [1.54, 1.807) is 0 Å². The van der Waals surface area contributed by atoms with Gasteiger partial charge in [0.05, 0.1) is 0 Å². The summed E-state index contributed by atoms with van der Waals surface area (Å²) in [7, 11) is 0. The van der Waals surface area contributed by atoms with Crippen LogP contribution in [0.1, 0.15) is 41.3 Å². The molecule has 0 unspecified atom stereocenters. The molecule has 2 rings (SSSR count). The van der Waals surface area contributed by atoms with Gasteiger partial charge in [-0.2, -0.15) is 0 Å². The molecule has 1 saturated heterocycles. The van der Waals surface area contributed by atoms with Crippen molar-refractivity contribution in [2.45, 2.75) is 39.2 Å². The van der Waals surface area contributed by atoms with E-state index in [9.17, 15) is 4.79 Å². The molecule has 0 radical (unpaired) electrons. The molecule has 0 atom stereocenters. The fourth-order valence-electron chi connectivity index (χ4n) is 2.33. The molecule has 0 bridgehead atoms. The Morgan fingerprint density at radius 2 is 1.84 bits per heavy atom. The van der Waals surface area contributed by atoms with Gasteiger partial charge in [-0.15, -0.1) is 12.4 Å². The lowest BCUT2D eigenvalue weighted by Crippen LogP contribution is -2.52. The minimum Gasteiger partial charge on any atom is -0.347 e. The summed E-state index contributed by atoms with van der Waals surface area (Å²) in [5.41, 5.74) is 3.08. The highest BCUT2D eigenvalue weighted by Gasteiger charge is 2.28. The van der Waals surface area contributed by atoms with Crippen molar-refractivity contribution in [3.8, 4) is 0 Å². The third kappa shape index (κ3) is 3.95. The lowest BCUT2D eigenvalue weighted by molar-refractivity contribution is 0.0887. The predicted molar refractivity (Wildman–Crippen MR) is 81.1 cm³/mol. The molecule has 0 saturated carbocycles. The number of piperidine rings is 1. The second kappa shape index (κ2) is 6.40. The molecular weight excluding hydrogens is 260 g/mol. The summed E-state index contributed by atoms with van der Waals surface area (Å²) in [6.07, 6.45) is 1.98. The van der Waals surface area contributed by atoms with Gasteiger partial charge in [0.15, 0.2) is 0 Å². The Bertz CT molecular complexity index is 453. The lowest BCUT2D eigenvalue weighted by atomic mass is 9.90. The summed E-state index contributed by atoms with van der Waals surface area (Å²) >= 11 is 0. The maximum absolute atomic E-state index is 12.3. The molecule has 1 aliphatic rings. The van der Waals surface area contributed by atoms with E-state index in [4.69, 9.17) is 0 Å². The van der Waals surface area contributed by atoms with E-state index in [2.05, 4.69) is 24.5 Å². The molecule has 1 heterocycles. The van der Waals surface area contributed by atoms with E-state index in [-0.39, 0.29) is 23.9 Å². The Balaban J connectivity index is 0.00000180. The quantitative estimate of drug-likeness (QED) is 0.875. The summed E-state index contributed by atoms with van der Waals surface area (Å²) in [5.74, 6) is 0.0440. The van der Waals surface area contributed by atoms with Crippen molar-refractivity contribution >= 4 is 18.3 Å². The molecule has 0 aliphatic carbocycles. The van der Waals surface area contributed by atoms with Gasteiger partial charge in [0.1, 0.15) is 0 Å². The van der Waals surface area contributed by atoms with Gasteiger partial charge in [0.2, 0.25) is 0 Å². The molecule has 1 fully saturated rings. The first kappa shape index (κ1) is 16.0. The lowest BCUT2D eigenvalue weighted by Gasteiger charge is -2.35. The first-order valence-electron chi connectivity index (χ1n) is 6.61. The van der Waals surface area contributed by atoms with Gasteiger partial charge >= 0.3 is 0 Å². The highest BCUT2D eigenvalue weighted by atomic mass is 35.5. The third-order valence-corrected chi connectivity index (χ3v) is 3.89. The van der Waals surface area contributed by atoms with Gasteiger partial charge in [-0.05, 0) is 70.0 Å². The molecule has 106 valence electrons. The second-order valence-corrected chi connectivity index (χ2v) is 5.56. The summed E-state index contributed by atoms with van der Waals surface area (Å²) < 4.78 is 0. The molecule has 1 aliphatic heterocycles. The fraction of sp³-hybridized carbons (Fsp3) is 0.533. The van der Waals surface area contributed by atoms with Gasteiger partial charge in [0.25, 0.3) is 5.91 Å². The van der Waals surface area contributed by atoms with Crippen LogP contribution in [-0.2, 0) is 0 Å². The van der Waals surface area contributed by atoms with Crippen molar-refractivity contribution in [3.05, 3.63) is 34.9 Å². The number of benzene rings is 1. The minimum atomic E-state index is -0.0683. The predicted octanol–water partition coefficient (Wildman–Crippen LogP) is 2.60. The minimum absolute atomic E-state index is 0. The van der Waals surface area contributed by atoms with Crippen LogP contribution in [0, 0.1) is 13.8 Å². The topological polar surface area (TPSA) is 41.1 Å². The smallest absolute Gasteiger partial charge is 0.251 e. The number of carbonyl (C=O) groups is 1. The van der Waals surface area contributed by atoms with Crippen LogP contribution in [0.5, 0.6) is 0 Å². The van der Waals surface area contributed by atoms with Gasteiger partial charge in [0, 0.05) is 11.1 Å². The number of aryl methyl sites for hydroxylation is 2. The normalized spacial score (nSPS) is 17.4. The molecule has 1 aromatic carbocycles. The Morgan fingerprint density at radius 1 is 1.21 bits per heavy atom. The summed E-state index contributed by atoms with van der Waals surface area (Å²) in [6, 6.07) is 5.88. The van der Waals surface area contributed by atoms with Crippen LogP contribution in [-0.4, -0.2) is 24.5 Å². The molecule has 0 aromatic heterocycles. The average molecular weight is 283 g/mol. The molecule has 0 spiro atoms. The molecule has 19 heavy (non-hydrogen) atoms. The van der Waals surface area contributed by atoms with Crippen molar-refractivity contribution in [3.63, 3.8) is 0 Å². The van der Waals surface area contributed by atoms with E-state index >= 15 is 0 Å². The van der Waals surface area contributed by atoms with Crippen molar-refractivity contribution in [1.82, 2.24) is 10.6 Å². The van der Waals surface area contributed by atoms with Crippen molar-refractivity contribution in [2.24, 2.45) is 0 Å². The van der Waals surface area contributed by atoms with Gasteiger partial charge in [-0.3, -0.25) is 4.79 Å². The van der Waals surface area contributed by atoms with E-state index in [1.165, 1.54) is 5.56 Å². The van der Waals surface area contributed by atoms with Crippen LogP contribution in [0.4, 0.5) is 0 Å². The highest BCUT2D eigenvalue weighted by Crippen LogP contribution is 2.18. The Morgan fingerprint density at radius 3 is 2.42 bits per heavy atom. The highest BCUT2D eigenvalue weighted by molar-refractivity contribution is 5.95. The number of hydrogen-bond donors (Lipinski definition) is 2. The standard InChI is InChI=1S/C15H22N2O.ClH/c1-11-4-5-13(10-12(11)2)14(18)17-15(3)6-8-16-9-7-15;/h4-5,10,16H,6-9H2,1-3H3,(H,17,18);1H. The number of halogens is 1. The number of amides is 1. The van der Waals surface area contributed by atoms with Crippen LogP contribution in [0.3, 0.4) is 0 Å². The molecule has 4 heteroatoms. The van der Waals surface area contributed by atoms with E-state index in [0.29, 0.717) is 0 Å². The zero-order valence-corrected chi connectivity index (χ0v) is 12.7. The van der Waals surface area contributed by atoms with Crippen molar-refractivity contribution in [2.75, 3.05) is 13.1 Å². The van der Waals surface area contributed by atoms with Crippen LogP contribution in [0.2, 0.25) is 0 Å². The Labute approximate surface area is 121 Å². The monoisotopic (exact) mass is 282 g/mol. The van der Waals surface area contributed by atoms with Crippen LogP contribution in [0.15, 0.2) is 18.2 Å². The molecule has 1 aromatic rings. The van der Waals surface area contributed by atoms with E-state index < -0.39 is 0 Å². The number of nitrogens with one attached hydrogen (secondary N) is 2. The first-order valence-corrected chi connectivity index (χ1v) is 6.61. The van der Waals surface area contributed by atoms with Crippen LogP contribution >= 0.6 is 12.4 Å². The van der Waals surface area contributed by atoms with E-state index in [0.717, 1.165) is 37.1 Å². The molecule has 3 nitrogen and oxygen atoms in total. The van der Waals surface area contributed by atoms with E-state index in [1.807, 2.05) is 25.1 Å². The zero-order valence-electron chi connectivity index (χ0n) is 11.9. The summed E-state index contributed by atoms with van der Waals surface area (Å²) in [6.45, 7) is 8.18. The number of hydrogen-bond acceptors (Lipinski definition) is 2. The second-order valence-electron chi connectivity index (χ2n) is 5.56. The van der Waals surface area contributed by atoms with Gasteiger partial charge < -0.3 is 10.6 Å². The summed E-state index contributed by atoms with van der Waals surface area (Å²) in [5, 5.41) is 6.50. The molecule has 1 amide bonds. The van der Waals surface area contributed by atoms with Crippen molar-refractivity contribution < 1.29 is 4.79 Å². The average Bonchev–Trinajstić information content (AvgIpc) is 2.33. The third-order valence-electron chi connectivity index (χ3n) is 3.89. The van der Waals surface area contributed by atoms with Crippen molar-refractivity contribution in [1.29, 1.82) is 0 Å². The maximum Gasteiger partial charge on any atom is 0.251 e. The number of carbonyl (C=O) groups excluding carboxylic acids is 1. The molecular formula is C15H23ClN2O. The van der Waals surface area contributed by atoms with Crippen LogP contribution < -0.4 is 10.6 Å². The Kier molecular flexibility index (Phi) is 5.39. The van der Waals surface area contributed by atoms with Gasteiger partial charge in [-0.1, -0.05) is 6.07 Å². The number of rotatable bonds is 2. The maximum atomic E-state index is 12.3. The fourth-order valence-corrected chi connectivity index (χ4v) is 2.33.